The van der Waals surface area contributed by atoms with Crippen molar-refractivity contribution >= 4 is 45.4 Å². The van der Waals surface area contributed by atoms with Crippen molar-refractivity contribution in [1.82, 2.24) is 9.78 Å². The second-order valence-electron chi connectivity index (χ2n) is 6.31. The number of rotatable bonds is 6. The molecule has 3 aromatic heterocycles. The Balaban J connectivity index is 1.78. The van der Waals surface area contributed by atoms with Gasteiger partial charge in [-0.1, -0.05) is 0 Å². The summed E-state index contributed by atoms with van der Waals surface area (Å²) in [6.07, 6.45) is 0. The summed E-state index contributed by atoms with van der Waals surface area (Å²) in [4.78, 5) is 36.4. The molecule has 1 amide bonds. The highest BCUT2D eigenvalue weighted by Gasteiger charge is 2.23. The highest BCUT2D eigenvalue weighted by atomic mass is 32.1. The zero-order valence-corrected chi connectivity index (χ0v) is 17.8. The minimum atomic E-state index is -0.542. The van der Waals surface area contributed by atoms with Crippen molar-refractivity contribution < 1.29 is 19.2 Å². The third-order valence-corrected chi connectivity index (χ3v) is 6.47. The number of methoxy groups -OCH3 is 1. The van der Waals surface area contributed by atoms with E-state index in [2.05, 4.69) is 10.4 Å². The van der Waals surface area contributed by atoms with Gasteiger partial charge < -0.3 is 20.2 Å². The molecule has 3 aromatic rings. The third-order valence-electron chi connectivity index (χ3n) is 4.37. The average molecular weight is 434 g/mol. The van der Waals surface area contributed by atoms with Crippen LogP contribution in [-0.4, -0.2) is 33.7 Å². The van der Waals surface area contributed by atoms with E-state index < -0.39 is 10.9 Å². The molecule has 0 aliphatic heterocycles. The lowest BCUT2D eigenvalue weighted by Gasteiger charge is -2.05. The van der Waals surface area contributed by atoms with E-state index in [9.17, 15) is 19.7 Å². The van der Waals surface area contributed by atoms with Crippen molar-refractivity contribution in [3.8, 4) is 0 Å². The van der Waals surface area contributed by atoms with E-state index in [-0.39, 0.29) is 11.7 Å². The molecule has 0 aliphatic carbocycles. The van der Waals surface area contributed by atoms with E-state index in [4.69, 9.17) is 4.74 Å². The quantitative estimate of drug-likeness (QED) is 0.357. The monoisotopic (exact) mass is 434 g/mol. The number of carbonyl (C=O) groups is 2. The van der Waals surface area contributed by atoms with Gasteiger partial charge in [-0.3, -0.25) is 4.79 Å². The number of aryl methyl sites for hydroxylation is 2. The largest absolute Gasteiger partial charge is 0.465 e. The second-order valence-corrected chi connectivity index (χ2v) is 8.45. The third kappa shape index (κ3) is 4.20. The first-order valence-corrected chi connectivity index (χ1v) is 10.2. The Morgan fingerprint density at radius 3 is 2.66 bits per heavy atom. The number of carbonyl (C=O) groups excluding carboxylic acids is 2. The second kappa shape index (κ2) is 8.13. The van der Waals surface area contributed by atoms with Crippen LogP contribution in [0, 0.1) is 30.9 Å². The van der Waals surface area contributed by atoms with Crippen molar-refractivity contribution in [1.29, 1.82) is 0 Å². The maximum Gasteiger partial charge on any atom is 0.390 e. The van der Waals surface area contributed by atoms with E-state index in [0.29, 0.717) is 27.7 Å². The van der Waals surface area contributed by atoms with Crippen LogP contribution in [0.4, 0.5) is 10.8 Å². The van der Waals surface area contributed by atoms with Gasteiger partial charge in [-0.2, -0.15) is 4.68 Å². The first-order chi connectivity index (χ1) is 13.7. The fourth-order valence-electron chi connectivity index (χ4n) is 2.72. The highest BCUT2D eigenvalue weighted by molar-refractivity contribution is 7.17. The van der Waals surface area contributed by atoms with Gasteiger partial charge >= 0.3 is 11.8 Å². The van der Waals surface area contributed by atoms with Crippen LogP contribution in [0.3, 0.4) is 0 Å². The van der Waals surface area contributed by atoms with Crippen LogP contribution in [-0.2, 0) is 11.3 Å². The van der Waals surface area contributed by atoms with E-state index in [0.717, 1.165) is 16.0 Å². The zero-order chi connectivity index (χ0) is 21.3. The molecule has 0 saturated carbocycles. The Labute approximate surface area is 174 Å². The van der Waals surface area contributed by atoms with Gasteiger partial charge in [0.25, 0.3) is 5.91 Å². The van der Waals surface area contributed by atoms with Crippen molar-refractivity contribution in [2.45, 2.75) is 27.3 Å². The van der Waals surface area contributed by atoms with Crippen LogP contribution in [0.1, 0.15) is 41.7 Å². The maximum absolute atomic E-state index is 12.7. The normalized spacial score (nSPS) is 10.8. The number of amides is 1. The molecule has 152 valence electrons. The SMILES string of the molecule is COC(=O)c1c(NC(=O)c2cc(Cn3nc([N+](=O)[O-])cc3C)cs2)sc(C)c1C. The van der Waals surface area contributed by atoms with Crippen molar-refractivity contribution in [2.24, 2.45) is 0 Å². The Bertz CT molecular complexity index is 1110. The summed E-state index contributed by atoms with van der Waals surface area (Å²) in [5.41, 5.74) is 2.59. The minimum absolute atomic E-state index is 0.213. The van der Waals surface area contributed by atoms with E-state index in [1.807, 2.05) is 13.8 Å². The average Bonchev–Trinajstić information content (AvgIpc) is 3.35. The number of anilines is 1. The molecule has 0 bridgehead atoms. The molecule has 0 radical (unpaired) electrons. The lowest BCUT2D eigenvalue weighted by atomic mass is 10.1. The molecule has 0 spiro atoms. The van der Waals surface area contributed by atoms with Crippen LogP contribution >= 0.6 is 22.7 Å². The highest BCUT2D eigenvalue weighted by Crippen LogP contribution is 2.33. The van der Waals surface area contributed by atoms with Gasteiger partial charge in [0.05, 0.1) is 41.0 Å². The van der Waals surface area contributed by atoms with E-state index >= 15 is 0 Å². The minimum Gasteiger partial charge on any atom is -0.465 e. The zero-order valence-electron chi connectivity index (χ0n) is 16.1. The molecule has 0 aliphatic rings. The van der Waals surface area contributed by atoms with E-state index in [1.54, 1.807) is 18.4 Å². The Morgan fingerprint density at radius 1 is 1.31 bits per heavy atom. The molecule has 0 fully saturated rings. The van der Waals surface area contributed by atoms with Gasteiger partial charge in [-0.15, -0.1) is 22.7 Å². The summed E-state index contributed by atoms with van der Waals surface area (Å²) in [6, 6.07) is 3.11. The number of nitrogens with zero attached hydrogens (tertiary/aromatic N) is 3. The molecule has 0 saturated heterocycles. The van der Waals surface area contributed by atoms with E-state index in [1.165, 1.54) is 40.5 Å². The molecular formula is C18H18N4O5S2. The molecule has 3 rings (SSSR count). The number of thiophene rings is 2. The molecule has 0 aromatic carbocycles. The summed E-state index contributed by atoms with van der Waals surface area (Å²) in [6.45, 7) is 5.73. The van der Waals surface area contributed by atoms with Gasteiger partial charge in [0, 0.05) is 4.88 Å². The summed E-state index contributed by atoms with van der Waals surface area (Å²) < 4.78 is 6.34. The van der Waals surface area contributed by atoms with Crippen molar-refractivity contribution in [3.63, 3.8) is 0 Å². The predicted octanol–water partition coefficient (Wildman–Crippen LogP) is 3.93. The standard InChI is InChI=1S/C18H18N4O5S2/c1-9-5-14(22(25)26)20-21(9)7-12-6-13(28-8-12)16(23)19-17-15(18(24)27-4)10(2)11(3)29-17/h5-6,8H,7H2,1-4H3,(H,19,23). The van der Waals surface area contributed by atoms with Gasteiger partial charge in [-0.25, -0.2) is 4.79 Å². The molecule has 9 nitrogen and oxygen atoms in total. The number of nitro groups is 1. The first kappa shape index (κ1) is 20.7. The fraction of sp³-hybridized carbons (Fsp3) is 0.278. The number of aromatic nitrogens is 2. The van der Waals surface area contributed by atoms with Crippen LogP contribution < -0.4 is 5.32 Å². The van der Waals surface area contributed by atoms with Gasteiger partial charge in [0.15, 0.2) is 0 Å². The summed E-state index contributed by atoms with van der Waals surface area (Å²) >= 11 is 2.57. The molecule has 3 heterocycles. The first-order valence-electron chi connectivity index (χ1n) is 8.47. The molecular weight excluding hydrogens is 416 g/mol. The lowest BCUT2D eigenvalue weighted by molar-refractivity contribution is -0.389. The Kier molecular flexibility index (Phi) is 5.80. The van der Waals surface area contributed by atoms with Gasteiger partial charge in [-0.05, 0) is 48.3 Å². The number of nitrogens with one attached hydrogen (secondary N) is 1. The van der Waals surface area contributed by atoms with Crippen molar-refractivity contribution in [2.75, 3.05) is 12.4 Å². The van der Waals surface area contributed by atoms with Gasteiger partial charge in [0.1, 0.15) is 5.00 Å². The maximum atomic E-state index is 12.7. The van der Waals surface area contributed by atoms with Crippen LogP contribution in [0.25, 0.3) is 0 Å². The van der Waals surface area contributed by atoms with Crippen molar-refractivity contribution in [3.05, 3.63) is 59.8 Å². The summed E-state index contributed by atoms with van der Waals surface area (Å²) in [5.74, 6) is -1.05. The van der Waals surface area contributed by atoms with Crippen LogP contribution in [0.15, 0.2) is 17.5 Å². The molecule has 29 heavy (non-hydrogen) atoms. The molecule has 0 unspecified atom stereocenters. The molecule has 1 N–H and O–H groups in total. The Hall–Kier alpha value is -3.05. The molecule has 0 atom stereocenters. The number of esters is 1. The number of hydrogen-bond donors (Lipinski definition) is 1. The number of ether oxygens (including phenoxy) is 1. The number of hydrogen-bond acceptors (Lipinski definition) is 8. The predicted molar refractivity (Wildman–Crippen MR) is 110 cm³/mol. The fourth-order valence-corrected chi connectivity index (χ4v) is 4.56. The summed E-state index contributed by atoms with van der Waals surface area (Å²) in [7, 11) is 1.30. The van der Waals surface area contributed by atoms with Crippen LogP contribution in [0.5, 0.6) is 0 Å². The Morgan fingerprint density at radius 2 is 2.03 bits per heavy atom. The van der Waals surface area contributed by atoms with Gasteiger partial charge in [0.2, 0.25) is 0 Å². The summed E-state index contributed by atoms with van der Waals surface area (Å²) in [5, 5.41) is 19.8. The molecule has 11 heteroatoms. The van der Waals surface area contributed by atoms with Crippen LogP contribution in [0.2, 0.25) is 0 Å². The topological polar surface area (TPSA) is 116 Å². The smallest absolute Gasteiger partial charge is 0.390 e. The lowest BCUT2D eigenvalue weighted by Crippen LogP contribution is -2.13.